The SMILES string of the molecule is CCNCc1cc(S(=O)(=O)NCCN(C)C)ccc1CC. The molecule has 0 saturated carbocycles. The van der Waals surface area contributed by atoms with Crippen molar-refractivity contribution < 1.29 is 8.42 Å². The highest BCUT2D eigenvalue weighted by Gasteiger charge is 2.15. The summed E-state index contributed by atoms with van der Waals surface area (Å²) in [6.07, 6.45) is 0.898. The highest BCUT2D eigenvalue weighted by Crippen LogP contribution is 2.17. The maximum absolute atomic E-state index is 12.3. The van der Waals surface area contributed by atoms with E-state index in [4.69, 9.17) is 0 Å². The number of likely N-dealkylation sites (N-methyl/N-ethyl adjacent to an activating group) is 1. The number of aryl methyl sites for hydroxylation is 1. The molecule has 1 aromatic carbocycles. The number of hydrogen-bond donors (Lipinski definition) is 2. The molecule has 1 rings (SSSR count). The van der Waals surface area contributed by atoms with Crippen LogP contribution in [0.2, 0.25) is 0 Å². The minimum atomic E-state index is -3.43. The van der Waals surface area contributed by atoms with Crippen molar-refractivity contribution in [3.63, 3.8) is 0 Å². The second-order valence-electron chi connectivity index (χ2n) is 5.27. The first-order valence-corrected chi connectivity index (χ1v) is 8.86. The third kappa shape index (κ3) is 5.74. The Balaban J connectivity index is 2.90. The van der Waals surface area contributed by atoms with Gasteiger partial charge in [0.1, 0.15) is 0 Å². The van der Waals surface area contributed by atoms with Crippen LogP contribution in [-0.2, 0) is 23.0 Å². The molecule has 0 bridgehead atoms. The van der Waals surface area contributed by atoms with Crippen LogP contribution in [0, 0.1) is 0 Å². The van der Waals surface area contributed by atoms with E-state index in [9.17, 15) is 8.42 Å². The van der Waals surface area contributed by atoms with Crippen LogP contribution in [0.5, 0.6) is 0 Å². The van der Waals surface area contributed by atoms with Crippen LogP contribution in [0.4, 0.5) is 0 Å². The Morgan fingerprint density at radius 2 is 1.86 bits per heavy atom. The number of sulfonamides is 1. The molecule has 1 aromatic rings. The summed E-state index contributed by atoms with van der Waals surface area (Å²) in [5.74, 6) is 0. The van der Waals surface area contributed by atoms with Gasteiger partial charge in [-0.3, -0.25) is 0 Å². The third-order valence-electron chi connectivity index (χ3n) is 3.29. The lowest BCUT2D eigenvalue weighted by molar-refractivity contribution is 0.412. The molecular weight excluding hydrogens is 286 g/mol. The normalized spacial score (nSPS) is 12.0. The van der Waals surface area contributed by atoms with Gasteiger partial charge in [0, 0.05) is 19.6 Å². The van der Waals surface area contributed by atoms with Crippen molar-refractivity contribution in [2.45, 2.75) is 31.7 Å². The molecule has 0 fully saturated rings. The van der Waals surface area contributed by atoms with Crippen LogP contribution < -0.4 is 10.0 Å². The molecule has 0 aromatic heterocycles. The van der Waals surface area contributed by atoms with Gasteiger partial charge in [-0.25, -0.2) is 13.1 Å². The maximum atomic E-state index is 12.3. The van der Waals surface area contributed by atoms with Crippen molar-refractivity contribution in [1.82, 2.24) is 14.9 Å². The largest absolute Gasteiger partial charge is 0.313 e. The number of nitrogens with zero attached hydrogens (tertiary/aromatic N) is 1. The summed E-state index contributed by atoms with van der Waals surface area (Å²) in [6.45, 7) is 6.76. The van der Waals surface area contributed by atoms with E-state index in [1.54, 1.807) is 12.1 Å². The Bertz CT molecular complexity index is 542. The van der Waals surface area contributed by atoms with E-state index in [-0.39, 0.29) is 0 Å². The number of hydrogen-bond acceptors (Lipinski definition) is 4. The summed E-state index contributed by atoms with van der Waals surface area (Å²) in [7, 11) is 0.398. The zero-order valence-corrected chi connectivity index (χ0v) is 14.3. The second kappa shape index (κ2) is 8.48. The van der Waals surface area contributed by atoms with Gasteiger partial charge in [0.15, 0.2) is 0 Å². The fourth-order valence-electron chi connectivity index (χ4n) is 2.03. The molecule has 0 atom stereocenters. The zero-order chi connectivity index (χ0) is 15.9. The van der Waals surface area contributed by atoms with Crippen LogP contribution in [-0.4, -0.2) is 47.0 Å². The van der Waals surface area contributed by atoms with Crippen LogP contribution in [0.1, 0.15) is 25.0 Å². The number of rotatable bonds is 9. The second-order valence-corrected chi connectivity index (χ2v) is 7.03. The molecular formula is C15H27N3O2S. The van der Waals surface area contributed by atoms with E-state index in [2.05, 4.69) is 17.0 Å². The summed E-state index contributed by atoms with van der Waals surface area (Å²) in [4.78, 5) is 2.28. The molecule has 0 saturated heterocycles. The lowest BCUT2D eigenvalue weighted by Crippen LogP contribution is -2.31. The molecule has 0 unspecified atom stereocenters. The first-order valence-electron chi connectivity index (χ1n) is 7.37. The van der Waals surface area contributed by atoms with Crippen molar-refractivity contribution in [2.24, 2.45) is 0 Å². The number of benzene rings is 1. The summed E-state index contributed by atoms with van der Waals surface area (Å²) < 4.78 is 27.2. The average Bonchev–Trinajstić information content (AvgIpc) is 2.44. The Morgan fingerprint density at radius 3 is 2.43 bits per heavy atom. The highest BCUT2D eigenvalue weighted by molar-refractivity contribution is 7.89. The maximum Gasteiger partial charge on any atom is 0.240 e. The van der Waals surface area contributed by atoms with Gasteiger partial charge in [0.2, 0.25) is 10.0 Å². The highest BCUT2D eigenvalue weighted by atomic mass is 32.2. The smallest absolute Gasteiger partial charge is 0.240 e. The van der Waals surface area contributed by atoms with Crippen LogP contribution in [0.15, 0.2) is 23.1 Å². The van der Waals surface area contributed by atoms with Gasteiger partial charge in [0.25, 0.3) is 0 Å². The summed E-state index contributed by atoms with van der Waals surface area (Å²) in [6, 6.07) is 5.37. The fraction of sp³-hybridized carbons (Fsp3) is 0.600. The van der Waals surface area contributed by atoms with E-state index in [0.29, 0.717) is 24.5 Å². The molecule has 0 aliphatic heterocycles. The van der Waals surface area contributed by atoms with Gasteiger partial charge in [-0.05, 0) is 50.3 Å². The minimum Gasteiger partial charge on any atom is -0.313 e. The average molecular weight is 313 g/mol. The summed E-state index contributed by atoms with van der Waals surface area (Å²) in [5.41, 5.74) is 2.23. The van der Waals surface area contributed by atoms with Crippen LogP contribution in [0.25, 0.3) is 0 Å². The van der Waals surface area contributed by atoms with Gasteiger partial charge >= 0.3 is 0 Å². The van der Waals surface area contributed by atoms with Crippen molar-refractivity contribution in [2.75, 3.05) is 33.7 Å². The van der Waals surface area contributed by atoms with E-state index < -0.39 is 10.0 Å². The first kappa shape index (κ1) is 18.1. The molecule has 0 heterocycles. The topological polar surface area (TPSA) is 61.4 Å². The predicted octanol–water partition coefficient (Wildman–Crippen LogP) is 1.20. The Hall–Kier alpha value is -0.950. The molecule has 0 amide bonds. The predicted molar refractivity (Wildman–Crippen MR) is 86.9 cm³/mol. The van der Waals surface area contributed by atoms with Crippen molar-refractivity contribution in [3.05, 3.63) is 29.3 Å². The first-order chi connectivity index (χ1) is 9.90. The monoisotopic (exact) mass is 313 g/mol. The van der Waals surface area contributed by atoms with Gasteiger partial charge in [-0.15, -0.1) is 0 Å². The lowest BCUT2D eigenvalue weighted by atomic mass is 10.1. The molecule has 120 valence electrons. The van der Waals surface area contributed by atoms with Crippen molar-refractivity contribution in [3.8, 4) is 0 Å². The quantitative estimate of drug-likeness (QED) is 0.719. The lowest BCUT2D eigenvalue weighted by Gasteiger charge is -2.13. The van der Waals surface area contributed by atoms with Gasteiger partial charge in [-0.2, -0.15) is 0 Å². The fourth-order valence-corrected chi connectivity index (χ4v) is 3.10. The summed E-state index contributed by atoms with van der Waals surface area (Å²) >= 11 is 0. The standard InChI is InChI=1S/C15H27N3O2S/c1-5-13-7-8-15(11-14(13)12-16-6-2)21(19,20)17-9-10-18(3)4/h7-8,11,16-17H,5-6,9-10,12H2,1-4H3. The van der Waals surface area contributed by atoms with Gasteiger partial charge < -0.3 is 10.2 Å². The number of nitrogens with one attached hydrogen (secondary N) is 2. The van der Waals surface area contributed by atoms with E-state index >= 15 is 0 Å². The molecule has 0 spiro atoms. The molecule has 5 nitrogen and oxygen atoms in total. The van der Waals surface area contributed by atoms with Crippen molar-refractivity contribution >= 4 is 10.0 Å². The van der Waals surface area contributed by atoms with Crippen LogP contribution >= 0.6 is 0 Å². The molecule has 2 N–H and O–H groups in total. The molecule has 0 aliphatic rings. The van der Waals surface area contributed by atoms with Crippen molar-refractivity contribution in [1.29, 1.82) is 0 Å². The Labute approximate surface area is 128 Å². The molecule has 0 aliphatic carbocycles. The Morgan fingerprint density at radius 1 is 1.14 bits per heavy atom. The minimum absolute atomic E-state index is 0.339. The molecule has 0 radical (unpaired) electrons. The van der Waals surface area contributed by atoms with E-state index in [0.717, 1.165) is 18.5 Å². The van der Waals surface area contributed by atoms with Gasteiger partial charge in [-0.1, -0.05) is 19.9 Å². The Kier molecular flexibility index (Phi) is 7.31. The van der Waals surface area contributed by atoms with E-state index in [1.807, 2.05) is 32.0 Å². The van der Waals surface area contributed by atoms with Gasteiger partial charge in [0.05, 0.1) is 4.90 Å². The molecule has 21 heavy (non-hydrogen) atoms. The van der Waals surface area contributed by atoms with Crippen LogP contribution in [0.3, 0.4) is 0 Å². The summed E-state index contributed by atoms with van der Waals surface area (Å²) in [5, 5.41) is 3.25. The molecule has 6 heteroatoms. The zero-order valence-electron chi connectivity index (χ0n) is 13.4. The third-order valence-corrected chi connectivity index (χ3v) is 4.74. The van der Waals surface area contributed by atoms with E-state index in [1.165, 1.54) is 5.56 Å².